The van der Waals surface area contributed by atoms with E-state index in [0.717, 1.165) is 19.1 Å². The number of nitrogens with one attached hydrogen (secondary N) is 2. The summed E-state index contributed by atoms with van der Waals surface area (Å²) in [6.07, 6.45) is 4.61. The highest BCUT2D eigenvalue weighted by atomic mass is 32.2. The average molecular weight is 448 g/mol. The van der Waals surface area contributed by atoms with Gasteiger partial charge in [-0.05, 0) is 57.2 Å². The SMILES string of the molecule is CCc1nc(C(N)=O)c(Nc2cccc(S(C)(=O)=O)c2)nc1NC1CCC(C)(O)CC1. The maximum atomic E-state index is 12.0. The molecule has 1 aliphatic rings. The van der Waals surface area contributed by atoms with Crippen molar-refractivity contribution >= 4 is 33.1 Å². The summed E-state index contributed by atoms with van der Waals surface area (Å²) in [6, 6.07) is 6.35. The largest absolute Gasteiger partial charge is 0.390 e. The predicted octanol–water partition coefficient (Wildman–Crippen LogP) is 2.39. The Morgan fingerprint density at radius 3 is 2.52 bits per heavy atom. The Kier molecular flexibility index (Phi) is 6.51. The van der Waals surface area contributed by atoms with Crippen LogP contribution < -0.4 is 16.4 Å². The van der Waals surface area contributed by atoms with Crippen LogP contribution in [0.25, 0.3) is 0 Å². The van der Waals surface area contributed by atoms with E-state index < -0.39 is 21.3 Å². The summed E-state index contributed by atoms with van der Waals surface area (Å²) in [7, 11) is -3.39. The van der Waals surface area contributed by atoms with Crippen LogP contribution in [0.2, 0.25) is 0 Å². The highest BCUT2D eigenvalue weighted by Gasteiger charge is 2.29. The summed E-state index contributed by atoms with van der Waals surface area (Å²) in [4.78, 5) is 21.2. The van der Waals surface area contributed by atoms with Crippen molar-refractivity contribution in [3.8, 4) is 0 Å². The molecule has 1 saturated carbocycles. The van der Waals surface area contributed by atoms with Gasteiger partial charge in [-0.1, -0.05) is 13.0 Å². The maximum Gasteiger partial charge on any atom is 0.271 e. The lowest BCUT2D eigenvalue weighted by Crippen LogP contribution is -2.36. The number of anilines is 3. The first kappa shape index (κ1) is 23.0. The summed E-state index contributed by atoms with van der Waals surface area (Å²) in [6.45, 7) is 3.75. The zero-order chi connectivity index (χ0) is 22.8. The Morgan fingerprint density at radius 1 is 1.26 bits per heavy atom. The lowest BCUT2D eigenvalue weighted by Gasteiger charge is -2.34. The number of nitrogens with two attached hydrogens (primary N) is 1. The molecule has 1 fully saturated rings. The van der Waals surface area contributed by atoms with E-state index in [1.807, 2.05) is 13.8 Å². The van der Waals surface area contributed by atoms with Crippen LogP contribution in [0.15, 0.2) is 29.2 Å². The number of hydrogen-bond donors (Lipinski definition) is 4. The molecule has 10 heteroatoms. The van der Waals surface area contributed by atoms with Crippen LogP contribution in [-0.4, -0.2) is 47.3 Å². The molecule has 2 aromatic rings. The van der Waals surface area contributed by atoms with Gasteiger partial charge in [0.05, 0.1) is 16.2 Å². The van der Waals surface area contributed by atoms with E-state index in [1.54, 1.807) is 12.1 Å². The minimum absolute atomic E-state index is 0.0151. The Balaban J connectivity index is 1.94. The van der Waals surface area contributed by atoms with Gasteiger partial charge < -0.3 is 21.5 Å². The van der Waals surface area contributed by atoms with Crippen LogP contribution in [0, 0.1) is 0 Å². The number of carbonyl (C=O) groups excluding carboxylic acids is 1. The number of nitrogens with zero attached hydrogens (tertiary/aromatic N) is 2. The minimum atomic E-state index is -3.39. The van der Waals surface area contributed by atoms with E-state index in [9.17, 15) is 18.3 Å². The minimum Gasteiger partial charge on any atom is -0.390 e. The second-order valence-electron chi connectivity index (χ2n) is 8.27. The smallest absolute Gasteiger partial charge is 0.271 e. The Morgan fingerprint density at radius 2 is 1.94 bits per heavy atom. The molecule has 3 rings (SSSR count). The first-order chi connectivity index (χ1) is 14.5. The van der Waals surface area contributed by atoms with Crippen molar-refractivity contribution in [3.05, 3.63) is 35.7 Å². The van der Waals surface area contributed by atoms with Crippen LogP contribution in [-0.2, 0) is 16.3 Å². The molecular formula is C21H29N5O4S. The molecule has 31 heavy (non-hydrogen) atoms. The summed E-state index contributed by atoms with van der Waals surface area (Å²) >= 11 is 0. The van der Waals surface area contributed by atoms with Crippen molar-refractivity contribution in [2.45, 2.75) is 62.5 Å². The first-order valence-corrected chi connectivity index (χ1v) is 12.1. The van der Waals surface area contributed by atoms with Crippen molar-refractivity contribution < 1.29 is 18.3 Å². The standard InChI is InChI=1S/C21H29N5O4S/c1-4-16-19(23-13-8-10-21(2,28)11-9-13)26-20(17(25-16)18(22)27)24-14-6-5-7-15(12-14)31(3,29)30/h5-7,12-13,28H,4,8-11H2,1-3H3,(H2,22,27)(H2,23,24,26). The molecule has 1 aromatic carbocycles. The van der Waals surface area contributed by atoms with Gasteiger partial charge in [0.1, 0.15) is 5.82 Å². The van der Waals surface area contributed by atoms with Crippen LogP contribution in [0.4, 0.5) is 17.3 Å². The fourth-order valence-electron chi connectivity index (χ4n) is 3.61. The molecule has 0 aliphatic heterocycles. The van der Waals surface area contributed by atoms with Crippen LogP contribution in [0.5, 0.6) is 0 Å². The van der Waals surface area contributed by atoms with Crippen LogP contribution in [0.3, 0.4) is 0 Å². The molecule has 0 radical (unpaired) electrons. The fraction of sp³-hybridized carbons (Fsp3) is 0.476. The lowest BCUT2D eigenvalue weighted by molar-refractivity contribution is 0.0196. The van der Waals surface area contributed by atoms with E-state index in [4.69, 9.17) is 5.73 Å². The number of hydrogen-bond acceptors (Lipinski definition) is 8. The van der Waals surface area contributed by atoms with Crippen molar-refractivity contribution in [2.75, 3.05) is 16.9 Å². The number of aromatic nitrogens is 2. The van der Waals surface area contributed by atoms with Gasteiger partial charge in [0.25, 0.3) is 5.91 Å². The van der Waals surface area contributed by atoms with E-state index in [1.165, 1.54) is 12.1 Å². The third-order valence-electron chi connectivity index (χ3n) is 5.46. The molecule has 0 unspecified atom stereocenters. The first-order valence-electron chi connectivity index (χ1n) is 10.3. The summed E-state index contributed by atoms with van der Waals surface area (Å²) < 4.78 is 23.7. The normalized spacial score (nSPS) is 21.5. The van der Waals surface area contributed by atoms with Gasteiger partial charge in [0.2, 0.25) is 0 Å². The third-order valence-corrected chi connectivity index (χ3v) is 6.58. The van der Waals surface area contributed by atoms with Crippen molar-refractivity contribution in [1.29, 1.82) is 0 Å². The molecule has 0 atom stereocenters. The number of rotatable bonds is 7. The molecule has 1 aliphatic carbocycles. The van der Waals surface area contributed by atoms with Gasteiger partial charge in [-0.2, -0.15) is 0 Å². The van der Waals surface area contributed by atoms with Gasteiger partial charge in [-0.15, -0.1) is 0 Å². The molecule has 1 amide bonds. The van der Waals surface area contributed by atoms with E-state index in [2.05, 4.69) is 20.6 Å². The number of amides is 1. The van der Waals surface area contributed by atoms with E-state index >= 15 is 0 Å². The highest BCUT2D eigenvalue weighted by Crippen LogP contribution is 2.31. The molecule has 0 spiro atoms. The van der Waals surface area contributed by atoms with E-state index in [-0.39, 0.29) is 22.4 Å². The lowest BCUT2D eigenvalue weighted by atomic mass is 9.83. The molecule has 5 N–H and O–H groups in total. The zero-order valence-electron chi connectivity index (χ0n) is 18.0. The molecule has 9 nitrogen and oxygen atoms in total. The Labute approximate surface area is 182 Å². The second-order valence-corrected chi connectivity index (χ2v) is 10.3. The topological polar surface area (TPSA) is 147 Å². The molecule has 1 heterocycles. The van der Waals surface area contributed by atoms with Gasteiger partial charge in [0, 0.05) is 18.0 Å². The monoisotopic (exact) mass is 447 g/mol. The van der Waals surface area contributed by atoms with Crippen molar-refractivity contribution in [3.63, 3.8) is 0 Å². The number of carbonyl (C=O) groups is 1. The maximum absolute atomic E-state index is 12.0. The summed E-state index contributed by atoms with van der Waals surface area (Å²) in [5.74, 6) is -0.0364. The summed E-state index contributed by atoms with van der Waals surface area (Å²) in [5.41, 5.74) is 5.93. The van der Waals surface area contributed by atoms with E-state index in [0.29, 0.717) is 36.5 Å². The number of primary amides is 1. The van der Waals surface area contributed by atoms with Crippen LogP contribution >= 0.6 is 0 Å². The van der Waals surface area contributed by atoms with Gasteiger partial charge >= 0.3 is 0 Å². The number of aliphatic hydroxyl groups is 1. The fourth-order valence-corrected chi connectivity index (χ4v) is 4.28. The second kappa shape index (κ2) is 8.80. The number of aryl methyl sites for hydroxylation is 1. The average Bonchev–Trinajstić information content (AvgIpc) is 2.69. The van der Waals surface area contributed by atoms with Crippen molar-refractivity contribution in [2.24, 2.45) is 5.73 Å². The van der Waals surface area contributed by atoms with Crippen LogP contribution in [0.1, 0.15) is 55.7 Å². The zero-order valence-corrected chi connectivity index (χ0v) is 18.8. The number of sulfone groups is 1. The Hall–Kier alpha value is -2.72. The third kappa shape index (κ3) is 5.71. The summed E-state index contributed by atoms with van der Waals surface area (Å²) in [5, 5.41) is 16.6. The van der Waals surface area contributed by atoms with Crippen molar-refractivity contribution in [1.82, 2.24) is 9.97 Å². The van der Waals surface area contributed by atoms with Gasteiger partial charge in [0.15, 0.2) is 21.3 Å². The molecule has 1 aromatic heterocycles. The Bertz CT molecular complexity index is 1080. The molecule has 0 saturated heterocycles. The van der Waals surface area contributed by atoms with Gasteiger partial charge in [-0.25, -0.2) is 18.4 Å². The van der Waals surface area contributed by atoms with Gasteiger partial charge in [-0.3, -0.25) is 4.79 Å². The molecule has 168 valence electrons. The molecular weight excluding hydrogens is 418 g/mol. The predicted molar refractivity (Wildman–Crippen MR) is 119 cm³/mol. The quantitative estimate of drug-likeness (QED) is 0.506. The number of benzene rings is 1. The molecule has 0 bridgehead atoms. The highest BCUT2D eigenvalue weighted by molar-refractivity contribution is 7.90.